The molecule has 0 amide bonds. The Morgan fingerprint density at radius 1 is 1.38 bits per heavy atom. The van der Waals surface area contributed by atoms with Gasteiger partial charge in [0.1, 0.15) is 0 Å². The van der Waals surface area contributed by atoms with Gasteiger partial charge in [0.2, 0.25) is 0 Å². The van der Waals surface area contributed by atoms with Crippen LogP contribution in [0, 0.1) is 0 Å². The van der Waals surface area contributed by atoms with Crippen molar-refractivity contribution in [3.8, 4) is 0 Å². The smallest absolute Gasteiger partial charge is 0.154 e. The molecule has 0 saturated carbocycles. The first-order valence-electron chi connectivity index (χ1n) is 6.04. The monoisotopic (exact) mass is 249 g/mol. The fourth-order valence-corrected chi connectivity index (χ4v) is 4.43. The summed E-state index contributed by atoms with van der Waals surface area (Å²) in [5, 5.41) is 3.10. The van der Waals surface area contributed by atoms with Gasteiger partial charge in [-0.15, -0.1) is 0 Å². The Morgan fingerprint density at radius 3 is 2.75 bits per heavy atom. The number of methoxy groups -OCH3 is 1. The predicted molar refractivity (Wildman–Crippen MR) is 65.4 cm³/mol. The van der Waals surface area contributed by atoms with Crippen molar-refractivity contribution in [2.24, 2.45) is 0 Å². The molecular formula is C11H23NO3S. The van der Waals surface area contributed by atoms with Gasteiger partial charge in [-0.3, -0.25) is 0 Å². The highest BCUT2D eigenvalue weighted by Gasteiger charge is 2.37. The van der Waals surface area contributed by atoms with Crippen LogP contribution in [0.2, 0.25) is 0 Å². The van der Waals surface area contributed by atoms with Crippen LogP contribution in [0.4, 0.5) is 0 Å². The lowest BCUT2D eigenvalue weighted by Crippen LogP contribution is -2.29. The van der Waals surface area contributed by atoms with Crippen LogP contribution in [0.25, 0.3) is 0 Å². The zero-order valence-corrected chi connectivity index (χ0v) is 11.1. The molecule has 0 aliphatic carbocycles. The maximum Gasteiger partial charge on any atom is 0.154 e. The molecular weight excluding hydrogens is 226 g/mol. The number of hydrogen-bond donors (Lipinski definition) is 1. The van der Waals surface area contributed by atoms with E-state index in [2.05, 4.69) is 5.32 Å². The van der Waals surface area contributed by atoms with Crippen LogP contribution in [-0.4, -0.2) is 45.7 Å². The van der Waals surface area contributed by atoms with Gasteiger partial charge in [-0.1, -0.05) is 6.92 Å². The van der Waals surface area contributed by atoms with E-state index in [0.29, 0.717) is 5.75 Å². The largest absolute Gasteiger partial charge is 0.385 e. The minimum absolute atomic E-state index is 0.131. The van der Waals surface area contributed by atoms with Crippen molar-refractivity contribution in [1.29, 1.82) is 0 Å². The lowest BCUT2D eigenvalue weighted by Gasteiger charge is -2.09. The van der Waals surface area contributed by atoms with Crippen molar-refractivity contribution < 1.29 is 13.2 Å². The van der Waals surface area contributed by atoms with Crippen LogP contribution in [0.3, 0.4) is 0 Å². The number of sulfone groups is 1. The minimum atomic E-state index is -2.85. The summed E-state index contributed by atoms with van der Waals surface area (Å²) in [4.78, 5) is 0. The van der Waals surface area contributed by atoms with Gasteiger partial charge < -0.3 is 10.1 Å². The van der Waals surface area contributed by atoms with Crippen molar-refractivity contribution in [3.63, 3.8) is 0 Å². The van der Waals surface area contributed by atoms with Gasteiger partial charge in [0.05, 0.1) is 11.0 Å². The van der Waals surface area contributed by atoms with Gasteiger partial charge in [-0.2, -0.15) is 0 Å². The molecule has 0 radical (unpaired) electrons. The summed E-state index contributed by atoms with van der Waals surface area (Å²) in [6.07, 6.45) is 3.46. The van der Waals surface area contributed by atoms with E-state index in [1.54, 1.807) is 7.11 Å². The lowest BCUT2D eigenvalue weighted by molar-refractivity contribution is 0.192. The summed E-state index contributed by atoms with van der Waals surface area (Å²) in [6.45, 7) is 3.58. The van der Waals surface area contributed by atoms with Gasteiger partial charge in [-0.05, 0) is 32.2 Å². The van der Waals surface area contributed by atoms with Crippen LogP contribution < -0.4 is 5.32 Å². The van der Waals surface area contributed by atoms with Crippen LogP contribution >= 0.6 is 0 Å². The minimum Gasteiger partial charge on any atom is -0.385 e. The first-order valence-corrected chi connectivity index (χ1v) is 7.75. The highest BCUT2D eigenvalue weighted by Crippen LogP contribution is 2.25. The molecule has 0 aromatic rings. The first kappa shape index (κ1) is 13.9. The van der Waals surface area contributed by atoms with Gasteiger partial charge >= 0.3 is 0 Å². The van der Waals surface area contributed by atoms with Crippen LogP contribution in [0.5, 0.6) is 0 Å². The topological polar surface area (TPSA) is 55.4 Å². The molecule has 1 aliphatic heterocycles. The maximum atomic E-state index is 11.8. The SMILES string of the molecule is CCNC1C[C@@H](CCCCOC)S(=O)(=O)C1. The number of hydrogen-bond acceptors (Lipinski definition) is 4. The summed E-state index contributed by atoms with van der Waals surface area (Å²) in [5.74, 6) is 0.315. The summed E-state index contributed by atoms with van der Waals surface area (Å²) in [5.41, 5.74) is 0. The molecule has 0 aromatic carbocycles. The summed E-state index contributed by atoms with van der Waals surface area (Å²) >= 11 is 0. The molecule has 2 atom stereocenters. The maximum absolute atomic E-state index is 11.8. The van der Waals surface area contributed by atoms with Crippen LogP contribution in [0.15, 0.2) is 0 Å². The third-order valence-corrected chi connectivity index (χ3v) is 5.42. The molecule has 1 heterocycles. The molecule has 1 saturated heterocycles. The zero-order chi connectivity index (χ0) is 12.0. The van der Waals surface area contributed by atoms with Gasteiger partial charge in [0.25, 0.3) is 0 Å². The van der Waals surface area contributed by atoms with Crippen LogP contribution in [-0.2, 0) is 14.6 Å². The second kappa shape index (κ2) is 6.57. The van der Waals surface area contributed by atoms with Gasteiger partial charge in [0.15, 0.2) is 9.84 Å². The molecule has 1 aliphatic rings. The Hall–Kier alpha value is -0.130. The Labute approximate surface area is 98.7 Å². The highest BCUT2D eigenvalue weighted by molar-refractivity contribution is 7.92. The van der Waals surface area contributed by atoms with Gasteiger partial charge in [0, 0.05) is 19.8 Å². The van der Waals surface area contributed by atoms with E-state index in [1.165, 1.54) is 0 Å². The van der Waals surface area contributed by atoms with E-state index in [9.17, 15) is 8.42 Å². The molecule has 5 heteroatoms. The van der Waals surface area contributed by atoms with E-state index in [4.69, 9.17) is 4.74 Å². The van der Waals surface area contributed by atoms with Crippen molar-refractivity contribution in [2.45, 2.75) is 43.9 Å². The van der Waals surface area contributed by atoms with E-state index in [0.717, 1.165) is 38.8 Å². The van der Waals surface area contributed by atoms with E-state index in [-0.39, 0.29) is 11.3 Å². The Kier molecular flexibility index (Phi) is 5.72. The van der Waals surface area contributed by atoms with E-state index >= 15 is 0 Å². The summed E-state index contributed by atoms with van der Waals surface area (Å²) < 4.78 is 28.6. The van der Waals surface area contributed by atoms with Crippen LogP contribution in [0.1, 0.15) is 32.6 Å². The first-order chi connectivity index (χ1) is 7.60. The van der Waals surface area contributed by atoms with Crippen molar-refractivity contribution in [2.75, 3.05) is 26.0 Å². The highest BCUT2D eigenvalue weighted by atomic mass is 32.2. The second-order valence-corrected chi connectivity index (χ2v) is 6.76. The van der Waals surface area contributed by atoms with Crippen molar-refractivity contribution >= 4 is 9.84 Å². The molecule has 1 N–H and O–H groups in total. The summed E-state index contributed by atoms with van der Waals surface area (Å²) in [6, 6.07) is 0.169. The third-order valence-electron chi connectivity index (χ3n) is 3.11. The quantitative estimate of drug-likeness (QED) is 0.683. The Bertz CT molecular complexity index is 290. The molecule has 0 bridgehead atoms. The molecule has 1 fully saturated rings. The molecule has 96 valence electrons. The fraction of sp³-hybridized carbons (Fsp3) is 1.00. The molecule has 0 aromatic heterocycles. The number of ether oxygens (including phenoxy) is 1. The Morgan fingerprint density at radius 2 is 2.12 bits per heavy atom. The molecule has 1 unspecified atom stereocenters. The number of rotatable bonds is 7. The zero-order valence-electron chi connectivity index (χ0n) is 10.2. The average molecular weight is 249 g/mol. The lowest BCUT2D eigenvalue weighted by atomic mass is 10.1. The second-order valence-electron chi connectivity index (χ2n) is 4.43. The number of unbranched alkanes of at least 4 members (excludes halogenated alkanes) is 1. The third kappa shape index (κ3) is 4.03. The van der Waals surface area contributed by atoms with Gasteiger partial charge in [-0.25, -0.2) is 8.42 Å². The standard InChI is InChI=1S/C11H23NO3S/c1-3-12-10-8-11(16(13,14)9-10)6-4-5-7-15-2/h10-12H,3-9H2,1-2H3/t10?,11-/m1/s1. The van der Waals surface area contributed by atoms with Crippen molar-refractivity contribution in [3.05, 3.63) is 0 Å². The average Bonchev–Trinajstić information content (AvgIpc) is 2.49. The molecule has 16 heavy (non-hydrogen) atoms. The normalized spacial score (nSPS) is 28.4. The van der Waals surface area contributed by atoms with E-state index < -0.39 is 9.84 Å². The fourth-order valence-electron chi connectivity index (χ4n) is 2.30. The molecule has 0 spiro atoms. The predicted octanol–water partition coefficient (Wildman–Crippen LogP) is 0.968. The molecule has 1 rings (SSSR count). The summed E-state index contributed by atoms with van der Waals surface area (Å²) in [7, 11) is -1.17. The van der Waals surface area contributed by atoms with E-state index in [1.807, 2.05) is 6.92 Å². The Balaban J connectivity index is 2.35. The molecule has 4 nitrogen and oxygen atoms in total. The number of nitrogens with one attached hydrogen (secondary N) is 1. The van der Waals surface area contributed by atoms with Crippen molar-refractivity contribution in [1.82, 2.24) is 5.32 Å².